The second kappa shape index (κ2) is 12.7. The molecule has 0 saturated heterocycles. The van der Waals surface area contributed by atoms with Crippen LogP contribution in [0, 0.1) is 11.8 Å². The highest BCUT2D eigenvalue weighted by Crippen LogP contribution is 2.33. The van der Waals surface area contributed by atoms with E-state index in [9.17, 15) is 14.4 Å². The van der Waals surface area contributed by atoms with Crippen LogP contribution in [0.15, 0.2) is 54.6 Å². The maximum atomic E-state index is 14.1. The van der Waals surface area contributed by atoms with E-state index in [2.05, 4.69) is 25.9 Å². The summed E-state index contributed by atoms with van der Waals surface area (Å²) in [5.74, 6) is -0.304. The maximum absolute atomic E-state index is 14.1. The molecular formula is C29H37N7O4. The molecular weight excluding hydrogens is 510 g/mol. The fraction of sp³-hybridized carbons (Fsp3) is 0.448. The number of tetrazole rings is 1. The van der Waals surface area contributed by atoms with Gasteiger partial charge < -0.3 is 15.8 Å². The van der Waals surface area contributed by atoms with Gasteiger partial charge in [-0.25, -0.2) is 4.79 Å². The molecule has 1 aliphatic rings. The summed E-state index contributed by atoms with van der Waals surface area (Å²) in [5, 5.41) is 16.9. The van der Waals surface area contributed by atoms with E-state index in [0.29, 0.717) is 37.3 Å². The van der Waals surface area contributed by atoms with Crippen LogP contribution < -0.4 is 16.0 Å². The van der Waals surface area contributed by atoms with E-state index in [1.807, 2.05) is 51.1 Å². The maximum Gasteiger partial charge on any atom is 0.407 e. The fourth-order valence-electron chi connectivity index (χ4n) is 5.02. The van der Waals surface area contributed by atoms with E-state index in [1.165, 1.54) is 0 Å². The van der Waals surface area contributed by atoms with E-state index in [4.69, 9.17) is 10.5 Å². The second-order valence-electron chi connectivity index (χ2n) is 11.2. The molecule has 4 rings (SSSR count). The van der Waals surface area contributed by atoms with Gasteiger partial charge in [-0.05, 0) is 87.4 Å². The summed E-state index contributed by atoms with van der Waals surface area (Å²) in [6.07, 6.45) is 2.70. The van der Waals surface area contributed by atoms with Crippen molar-refractivity contribution in [2.24, 2.45) is 17.6 Å². The van der Waals surface area contributed by atoms with Crippen LogP contribution in [0.2, 0.25) is 0 Å². The van der Waals surface area contributed by atoms with Gasteiger partial charge in [-0.2, -0.15) is 5.21 Å². The number of primary amides is 1. The SMILES string of the molecule is CC(C)(C)OC(=O)NCC1CCC(C(=O)N(c2ccc(-c3nn[nH]n3)cc2)[C@@H](Cc2ccccc2)C(N)=O)CC1. The van der Waals surface area contributed by atoms with Gasteiger partial charge in [-0.3, -0.25) is 14.5 Å². The number of H-pyrrole nitrogens is 1. The molecule has 0 spiro atoms. The predicted octanol–water partition coefficient (Wildman–Crippen LogP) is 3.63. The van der Waals surface area contributed by atoms with Crippen LogP contribution in [0.25, 0.3) is 11.4 Å². The molecule has 11 nitrogen and oxygen atoms in total. The minimum atomic E-state index is -0.863. The lowest BCUT2D eigenvalue weighted by atomic mass is 9.81. The van der Waals surface area contributed by atoms with E-state index < -0.39 is 23.6 Å². The highest BCUT2D eigenvalue weighted by atomic mass is 16.6. The van der Waals surface area contributed by atoms with Crippen LogP contribution in [0.5, 0.6) is 0 Å². The van der Waals surface area contributed by atoms with Crippen molar-refractivity contribution in [3.8, 4) is 11.4 Å². The topological polar surface area (TPSA) is 156 Å². The minimum Gasteiger partial charge on any atom is -0.444 e. The van der Waals surface area contributed by atoms with E-state index in [1.54, 1.807) is 29.2 Å². The largest absolute Gasteiger partial charge is 0.444 e. The summed E-state index contributed by atoms with van der Waals surface area (Å²) in [6, 6.07) is 15.8. The van der Waals surface area contributed by atoms with Crippen molar-refractivity contribution in [1.82, 2.24) is 25.9 Å². The van der Waals surface area contributed by atoms with Crippen LogP contribution in [-0.2, 0) is 20.7 Å². The Balaban J connectivity index is 1.50. The van der Waals surface area contributed by atoms with Crippen molar-refractivity contribution in [2.45, 2.75) is 64.5 Å². The molecule has 1 aromatic heterocycles. The summed E-state index contributed by atoms with van der Waals surface area (Å²) in [7, 11) is 0. The van der Waals surface area contributed by atoms with Crippen molar-refractivity contribution >= 4 is 23.6 Å². The smallest absolute Gasteiger partial charge is 0.407 e. The molecule has 1 aliphatic carbocycles. The number of hydrogen-bond acceptors (Lipinski definition) is 7. The number of alkyl carbamates (subject to hydrolysis) is 1. The van der Waals surface area contributed by atoms with Gasteiger partial charge in [0, 0.05) is 30.1 Å². The van der Waals surface area contributed by atoms with E-state index >= 15 is 0 Å². The van der Waals surface area contributed by atoms with Crippen molar-refractivity contribution in [3.05, 3.63) is 60.2 Å². The normalized spacial score (nSPS) is 18.0. The number of aromatic amines is 1. The van der Waals surface area contributed by atoms with Gasteiger partial charge in [0.1, 0.15) is 11.6 Å². The molecule has 40 heavy (non-hydrogen) atoms. The van der Waals surface area contributed by atoms with Crippen LogP contribution >= 0.6 is 0 Å². The number of ether oxygens (including phenoxy) is 1. The molecule has 0 bridgehead atoms. The molecule has 1 fully saturated rings. The first kappa shape index (κ1) is 28.7. The van der Waals surface area contributed by atoms with Gasteiger partial charge in [0.25, 0.3) is 0 Å². The Hall–Kier alpha value is -4.28. The van der Waals surface area contributed by atoms with Crippen molar-refractivity contribution in [2.75, 3.05) is 11.4 Å². The zero-order valence-corrected chi connectivity index (χ0v) is 23.2. The number of amides is 3. The standard InChI is InChI=1S/C29H37N7O4/c1-29(2,3)40-28(39)31-18-20-9-11-22(12-10-20)27(38)36(24(25(30)37)17-19-7-5-4-6-8-19)23-15-13-21(14-16-23)26-32-34-35-33-26/h4-8,13-16,20,22,24H,9-12,17-18H2,1-3H3,(H2,30,37)(H,31,39)(H,32,33,34,35)/t20?,22?,24-/m0/s1. The van der Waals surface area contributed by atoms with Crippen molar-refractivity contribution < 1.29 is 19.1 Å². The second-order valence-corrected chi connectivity index (χ2v) is 11.2. The van der Waals surface area contributed by atoms with Gasteiger partial charge in [-0.1, -0.05) is 30.3 Å². The third-order valence-corrected chi connectivity index (χ3v) is 7.03. The Morgan fingerprint density at radius 1 is 1.05 bits per heavy atom. The van der Waals surface area contributed by atoms with E-state index in [-0.39, 0.29) is 17.7 Å². The molecule has 1 saturated carbocycles. The summed E-state index contributed by atoms with van der Waals surface area (Å²) >= 11 is 0. The molecule has 4 N–H and O–H groups in total. The number of nitrogens with two attached hydrogens (primary N) is 1. The van der Waals surface area contributed by atoms with Crippen LogP contribution in [-0.4, -0.2) is 56.7 Å². The zero-order chi connectivity index (χ0) is 28.7. The molecule has 212 valence electrons. The predicted molar refractivity (Wildman–Crippen MR) is 150 cm³/mol. The van der Waals surface area contributed by atoms with Crippen molar-refractivity contribution in [3.63, 3.8) is 0 Å². The summed E-state index contributed by atoms with van der Waals surface area (Å²) < 4.78 is 5.33. The lowest BCUT2D eigenvalue weighted by Crippen LogP contribution is -2.52. The highest BCUT2D eigenvalue weighted by Gasteiger charge is 2.36. The van der Waals surface area contributed by atoms with Gasteiger partial charge in [0.2, 0.25) is 17.6 Å². The number of hydrogen-bond donors (Lipinski definition) is 3. The average molecular weight is 548 g/mol. The Kier molecular flexibility index (Phi) is 9.13. The Morgan fingerprint density at radius 2 is 1.73 bits per heavy atom. The third kappa shape index (κ3) is 7.64. The monoisotopic (exact) mass is 547 g/mol. The molecule has 0 radical (unpaired) electrons. The molecule has 3 amide bonds. The van der Waals surface area contributed by atoms with E-state index in [0.717, 1.165) is 24.0 Å². The van der Waals surface area contributed by atoms with Crippen molar-refractivity contribution in [1.29, 1.82) is 0 Å². The first-order valence-corrected chi connectivity index (χ1v) is 13.6. The first-order chi connectivity index (χ1) is 19.1. The summed E-state index contributed by atoms with van der Waals surface area (Å²) in [5.41, 5.74) is 7.56. The number of nitrogens with one attached hydrogen (secondary N) is 2. The number of carbonyl (C=O) groups is 3. The Morgan fingerprint density at radius 3 is 2.30 bits per heavy atom. The first-order valence-electron chi connectivity index (χ1n) is 13.6. The number of rotatable bonds is 9. The number of carbonyl (C=O) groups excluding carboxylic acids is 3. The summed E-state index contributed by atoms with van der Waals surface area (Å²) in [6.45, 7) is 5.97. The van der Waals surface area contributed by atoms with Gasteiger partial charge in [0.15, 0.2) is 0 Å². The lowest BCUT2D eigenvalue weighted by Gasteiger charge is -2.36. The lowest BCUT2D eigenvalue weighted by molar-refractivity contribution is -0.127. The van der Waals surface area contributed by atoms with Gasteiger partial charge in [0.05, 0.1) is 0 Å². The molecule has 1 atom stereocenters. The fourth-order valence-corrected chi connectivity index (χ4v) is 5.02. The molecule has 2 aromatic carbocycles. The third-order valence-electron chi connectivity index (χ3n) is 7.03. The van der Waals surface area contributed by atoms with Crippen LogP contribution in [0.3, 0.4) is 0 Å². The Bertz CT molecular complexity index is 1270. The number of nitrogens with zero attached hydrogens (tertiary/aromatic N) is 4. The summed E-state index contributed by atoms with van der Waals surface area (Å²) in [4.78, 5) is 40.5. The number of anilines is 1. The van der Waals surface area contributed by atoms with Crippen LogP contribution in [0.1, 0.15) is 52.0 Å². The highest BCUT2D eigenvalue weighted by molar-refractivity contribution is 6.01. The van der Waals surface area contributed by atoms with Gasteiger partial charge >= 0.3 is 6.09 Å². The molecule has 11 heteroatoms. The molecule has 0 unspecified atom stereocenters. The van der Waals surface area contributed by atoms with Gasteiger partial charge in [-0.15, -0.1) is 10.2 Å². The zero-order valence-electron chi connectivity index (χ0n) is 23.2. The average Bonchev–Trinajstić information content (AvgIpc) is 3.47. The minimum absolute atomic E-state index is 0.134. The molecule has 1 heterocycles. The van der Waals surface area contributed by atoms with Crippen LogP contribution in [0.4, 0.5) is 10.5 Å². The number of benzene rings is 2. The quantitative estimate of drug-likeness (QED) is 0.369. The Labute approximate surface area is 233 Å². The molecule has 0 aliphatic heterocycles. The molecule has 3 aromatic rings. The number of aromatic nitrogens is 4.